The van der Waals surface area contributed by atoms with Crippen LogP contribution in [0.2, 0.25) is 0 Å². The molecule has 0 radical (unpaired) electrons. The minimum atomic E-state index is 0.139. The first-order chi connectivity index (χ1) is 12.6. The molecule has 5 nitrogen and oxygen atoms in total. The summed E-state index contributed by atoms with van der Waals surface area (Å²) in [6, 6.07) is 8.33. The number of nitrogens with one attached hydrogen (secondary N) is 2. The number of carbonyl (C=O) groups is 1. The zero-order valence-corrected chi connectivity index (χ0v) is 16.3. The maximum absolute atomic E-state index is 12.5. The second kappa shape index (κ2) is 9.49. The van der Waals surface area contributed by atoms with E-state index in [4.69, 9.17) is 0 Å². The first-order valence-corrected chi connectivity index (χ1v) is 10.1. The highest BCUT2D eigenvalue weighted by Gasteiger charge is 2.22. The SMILES string of the molecule is CC(CC(=O)Nc1cccc(CN2CCN(C)CC2)c1)C1CCCNC1. The summed E-state index contributed by atoms with van der Waals surface area (Å²) in [6.45, 7) is 9.82. The van der Waals surface area contributed by atoms with Gasteiger partial charge in [-0.15, -0.1) is 0 Å². The minimum absolute atomic E-state index is 0.139. The van der Waals surface area contributed by atoms with Crippen LogP contribution in [0.5, 0.6) is 0 Å². The Balaban J connectivity index is 1.48. The van der Waals surface area contributed by atoms with Gasteiger partial charge in [0.2, 0.25) is 5.91 Å². The first kappa shape index (κ1) is 19.3. The number of nitrogens with zero attached hydrogens (tertiary/aromatic N) is 2. The van der Waals surface area contributed by atoms with Crippen molar-refractivity contribution in [1.82, 2.24) is 15.1 Å². The first-order valence-electron chi connectivity index (χ1n) is 10.1. The van der Waals surface area contributed by atoms with Gasteiger partial charge in [-0.05, 0) is 62.5 Å². The van der Waals surface area contributed by atoms with E-state index in [0.717, 1.165) is 51.5 Å². The summed E-state index contributed by atoms with van der Waals surface area (Å²) >= 11 is 0. The summed E-state index contributed by atoms with van der Waals surface area (Å²) in [6.07, 6.45) is 3.07. The van der Waals surface area contributed by atoms with E-state index in [0.29, 0.717) is 18.3 Å². The van der Waals surface area contributed by atoms with E-state index in [1.165, 1.54) is 18.4 Å². The number of piperidine rings is 1. The quantitative estimate of drug-likeness (QED) is 0.820. The average Bonchev–Trinajstić information content (AvgIpc) is 2.64. The second-order valence-electron chi connectivity index (χ2n) is 8.12. The van der Waals surface area contributed by atoms with Crippen molar-refractivity contribution < 1.29 is 4.79 Å². The summed E-state index contributed by atoms with van der Waals surface area (Å²) in [4.78, 5) is 17.3. The molecule has 1 aromatic carbocycles. The van der Waals surface area contributed by atoms with E-state index in [2.05, 4.69) is 52.6 Å². The van der Waals surface area contributed by atoms with Crippen molar-refractivity contribution in [1.29, 1.82) is 0 Å². The Labute approximate surface area is 158 Å². The average molecular weight is 359 g/mol. The van der Waals surface area contributed by atoms with Crippen LogP contribution in [0.15, 0.2) is 24.3 Å². The van der Waals surface area contributed by atoms with E-state index >= 15 is 0 Å². The fourth-order valence-corrected chi connectivity index (χ4v) is 4.05. The Hall–Kier alpha value is -1.43. The third-order valence-corrected chi connectivity index (χ3v) is 5.86. The van der Waals surface area contributed by atoms with Gasteiger partial charge in [-0.25, -0.2) is 0 Å². The molecule has 2 N–H and O–H groups in total. The van der Waals surface area contributed by atoms with Gasteiger partial charge in [0, 0.05) is 44.8 Å². The monoisotopic (exact) mass is 358 g/mol. The van der Waals surface area contributed by atoms with Crippen molar-refractivity contribution in [2.45, 2.75) is 32.7 Å². The summed E-state index contributed by atoms with van der Waals surface area (Å²) < 4.78 is 0. The van der Waals surface area contributed by atoms with Crippen molar-refractivity contribution in [3.8, 4) is 0 Å². The molecule has 3 rings (SSSR count). The molecule has 2 saturated heterocycles. The fourth-order valence-electron chi connectivity index (χ4n) is 4.05. The maximum atomic E-state index is 12.5. The number of piperazine rings is 1. The highest BCUT2D eigenvalue weighted by atomic mass is 16.1. The number of benzene rings is 1. The molecule has 26 heavy (non-hydrogen) atoms. The smallest absolute Gasteiger partial charge is 0.224 e. The number of likely N-dealkylation sites (N-methyl/N-ethyl adjacent to an activating group) is 1. The Morgan fingerprint density at radius 3 is 2.85 bits per heavy atom. The van der Waals surface area contributed by atoms with Crippen molar-refractivity contribution in [2.24, 2.45) is 11.8 Å². The van der Waals surface area contributed by atoms with Crippen molar-refractivity contribution in [3.05, 3.63) is 29.8 Å². The standard InChI is InChI=1S/C21H34N4O/c1-17(19-6-4-8-22-15-19)13-21(26)23-20-7-3-5-18(14-20)16-25-11-9-24(2)10-12-25/h3,5,7,14,17,19,22H,4,6,8-13,15-16H2,1-2H3,(H,23,26). The molecular weight excluding hydrogens is 324 g/mol. The lowest BCUT2D eigenvalue weighted by atomic mass is 9.85. The Morgan fingerprint density at radius 2 is 2.12 bits per heavy atom. The van der Waals surface area contributed by atoms with Gasteiger partial charge in [0.1, 0.15) is 0 Å². The molecule has 0 spiro atoms. The molecular formula is C21H34N4O. The van der Waals surface area contributed by atoms with Gasteiger partial charge in [-0.1, -0.05) is 19.1 Å². The highest BCUT2D eigenvalue weighted by Crippen LogP contribution is 2.23. The van der Waals surface area contributed by atoms with E-state index in [-0.39, 0.29) is 5.91 Å². The van der Waals surface area contributed by atoms with Gasteiger partial charge in [0.15, 0.2) is 0 Å². The molecule has 5 heteroatoms. The maximum Gasteiger partial charge on any atom is 0.224 e. The van der Waals surface area contributed by atoms with Crippen LogP contribution >= 0.6 is 0 Å². The Bertz CT molecular complexity index is 577. The second-order valence-corrected chi connectivity index (χ2v) is 8.12. The molecule has 2 aliphatic rings. The number of hydrogen-bond donors (Lipinski definition) is 2. The number of carbonyl (C=O) groups excluding carboxylic acids is 1. The van der Waals surface area contributed by atoms with Crippen molar-refractivity contribution in [3.63, 3.8) is 0 Å². The number of amides is 1. The molecule has 1 aromatic rings. The van der Waals surface area contributed by atoms with Crippen LogP contribution in [0.25, 0.3) is 0 Å². The van der Waals surface area contributed by atoms with Crippen LogP contribution in [0.1, 0.15) is 31.7 Å². The normalized spacial score (nSPS) is 23.5. The number of hydrogen-bond acceptors (Lipinski definition) is 4. The molecule has 144 valence electrons. The molecule has 2 aliphatic heterocycles. The van der Waals surface area contributed by atoms with Crippen LogP contribution in [0.4, 0.5) is 5.69 Å². The highest BCUT2D eigenvalue weighted by molar-refractivity contribution is 5.90. The zero-order valence-electron chi connectivity index (χ0n) is 16.3. The van der Waals surface area contributed by atoms with Gasteiger partial charge < -0.3 is 15.5 Å². The van der Waals surface area contributed by atoms with Crippen LogP contribution < -0.4 is 10.6 Å². The topological polar surface area (TPSA) is 47.6 Å². The largest absolute Gasteiger partial charge is 0.326 e. The van der Waals surface area contributed by atoms with Gasteiger partial charge in [-0.3, -0.25) is 9.69 Å². The fraction of sp³-hybridized carbons (Fsp3) is 0.667. The third-order valence-electron chi connectivity index (χ3n) is 5.86. The molecule has 0 aromatic heterocycles. The molecule has 2 heterocycles. The zero-order chi connectivity index (χ0) is 18.4. The number of anilines is 1. The molecule has 2 fully saturated rings. The van der Waals surface area contributed by atoms with Crippen LogP contribution in [0, 0.1) is 11.8 Å². The molecule has 1 amide bonds. The summed E-state index contributed by atoms with van der Waals surface area (Å²) in [5, 5.41) is 6.56. The molecule has 0 saturated carbocycles. The lowest BCUT2D eigenvalue weighted by molar-refractivity contribution is -0.117. The van der Waals surface area contributed by atoms with Crippen LogP contribution in [-0.2, 0) is 11.3 Å². The predicted molar refractivity (Wildman–Crippen MR) is 107 cm³/mol. The van der Waals surface area contributed by atoms with E-state index in [1.807, 2.05) is 6.07 Å². The van der Waals surface area contributed by atoms with E-state index in [9.17, 15) is 4.79 Å². The van der Waals surface area contributed by atoms with Gasteiger partial charge in [0.25, 0.3) is 0 Å². The summed E-state index contributed by atoms with van der Waals surface area (Å²) in [7, 11) is 2.18. The lowest BCUT2D eigenvalue weighted by Crippen LogP contribution is -2.43. The number of rotatable bonds is 6. The van der Waals surface area contributed by atoms with Crippen molar-refractivity contribution >= 4 is 11.6 Å². The van der Waals surface area contributed by atoms with Crippen LogP contribution in [0.3, 0.4) is 0 Å². The minimum Gasteiger partial charge on any atom is -0.326 e. The molecule has 0 bridgehead atoms. The third kappa shape index (κ3) is 5.79. The van der Waals surface area contributed by atoms with Crippen LogP contribution in [-0.4, -0.2) is 62.0 Å². The van der Waals surface area contributed by atoms with Gasteiger partial charge in [0.05, 0.1) is 0 Å². The molecule has 2 unspecified atom stereocenters. The predicted octanol–water partition coefficient (Wildman–Crippen LogP) is 2.40. The molecule has 2 atom stereocenters. The van der Waals surface area contributed by atoms with Gasteiger partial charge >= 0.3 is 0 Å². The Morgan fingerprint density at radius 1 is 1.31 bits per heavy atom. The summed E-state index contributed by atoms with van der Waals surface area (Å²) in [5.74, 6) is 1.19. The van der Waals surface area contributed by atoms with E-state index < -0.39 is 0 Å². The summed E-state index contributed by atoms with van der Waals surface area (Å²) in [5.41, 5.74) is 2.20. The lowest BCUT2D eigenvalue weighted by Gasteiger charge is -2.32. The Kier molecular flexibility index (Phi) is 7.06. The van der Waals surface area contributed by atoms with Crippen molar-refractivity contribution in [2.75, 3.05) is 51.6 Å². The molecule has 0 aliphatic carbocycles. The van der Waals surface area contributed by atoms with E-state index in [1.54, 1.807) is 0 Å². The van der Waals surface area contributed by atoms with Gasteiger partial charge in [-0.2, -0.15) is 0 Å².